The van der Waals surface area contributed by atoms with Crippen LogP contribution >= 0.6 is 23.4 Å². The van der Waals surface area contributed by atoms with Crippen LogP contribution in [0.3, 0.4) is 0 Å². The van der Waals surface area contributed by atoms with Crippen molar-refractivity contribution in [2.24, 2.45) is 0 Å². The van der Waals surface area contributed by atoms with Gasteiger partial charge in [-0.15, -0.1) is 11.8 Å². The molecule has 14 heteroatoms. The lowest BCUT2D eigenvalue weighted by molar-refractivity contribution is -0.141. The molecule has 1 N–H and O–H groups in total. The Morgan fingerprint density at radius 1 is 1.24 bits per heavy atom. The third-order valence-corrected chi connectivity index (χ3v) is 8.66. The van der Waals surface area contributed by atoms with E-state index in [0.717, 1.165) is 23.2 Å². The van der Waals surface area contributed by atoms with Gasteiger partial charge in [-0.05, 0) is 24.3 Å². The summed E-state index contributed by atoms with van der Waals surface area (Å²) in [6.45, 7) is -0.257. The molecule has 3 aromatic rings. The number of carboxylic acid groups (broad SMARTS) is 1. The number of para-hydroxylation sites is 1. The van der Waals surface area contributed by atoms with Gasteiger partial charge in [-0.3, -0.25) is 14.1 Å². The standard InChI is InChI=1S/C24H17ClF3N3O5S2/c25-17-11-19(36-7-5-23(32)33)21(38(34,35)31-6-8-37-20-4-2-1-3-18(20)31)10-15(17)16-13-30-22(24(26,27)28)9-14(16)12-29/h1-4,9-11,13H,5-8H2,(H,32,33). The number of fused-ring (bicyclic) bond motifs is 1. The molecule has 38 heavy (non-hydrogen) atoms. The molecule has 2 aromatic carbocycles. The molecule has 198 valence electrons. The SMILES string of the molecule is N#Cc1cc(C(F)(F)F)ncc1-c1cc(S(=O)(=O)N2CCSc3ccccc32)c(OCCC(=O)O)cc1Cl. The van der Waals surface area contributed by atoms with Gasteiger partial charge in [0, 0.05) is 40.6 Å². The molecular weight excluding hydrogens is 567 g/mol. The predicted molar refractivity (Wildman–Crippen MR) is 134 cm³/mol. The molecule has 2 heterocycles. The van der Waals surface area contributed by atoms with Crippen LogP contribution in [0.1, 0.15) is 17.7 Å². The quantitative estimate of drug-likeness (QED) is 0.390. The van der Waals surface area contributed by atoms with E-state index in [1.54, 1.807) is 30.3 Å². The van der Waals surface area contributed by atoms with Gasteiger partial charge in [-0.25, -0.2) is 8.42 Å². The molecule has 0 unspecified atom stereocenters. The first-order chi connectivity index (χ1) is 17.9. The Morgan fingerprint density at radius 2 is 1.97 bits per heavy atom. The van der Waals surface area contributed by atoms with E-state index in [2.05, 4.69) is 4.98 Å². The number of carbonyl (C=O) groups is 1. The van der Waals surface area contributed by atoms with Gasteiger partial charge in [0.1, 0.15) is 16.3 Å². The number of thioether (sulfide) groups is 1. The number of ether oxygens (including phenoxy) is 1. The maximum atomic E-state index is 14.0. The molecule has 0 bridgehead atoms. The van der Waals surface area contributed by atoms with E-state index in [1.165, 1.54) is 16.1 Å². The summed E-state index contributed by atoms with van der Waals surface area (Å²) in [5.41, 5.74) is -1.47. The molecule has 0 amide bonds. The fourth-order valence-corrected chi connectivity index (χ4v) is 6.78. The number of aromatic nitrogens is 1. The van der Waals surface area contributed by atoms with E-state index in [9.17, 15) is 31.6 Å². The third-order valence-electron chi connectivity index (χ3n) is 5.47. The van der Waals surface area contributed by atoms with E-state index >= 15 is 0 Å². The van der Waals surface area contributed by atoms with Gasteiger partial charge in [0.25, 0.3) is 10.0 Å². The molecule has 0 saturated carbocycles. The number of rotatable bonds is 7. The van der Waals surface area contributed by atoms with Crippen LogP contribution in [0.5, 0.6) is 5.75 Å². The summed E-state index contributed by atoms with van der Waals surface area (Å²) in [5.74, 6) is -0.962. The second-order valence-electron chi connectivity index (χ2n) is 7.89. The first-order valence-electron chi connectivity index (χ1n) is 10.8. The Bertz CT molecular complexity index is 1560. The lowest BCUT2D eigenvalue weighted by atomic mass is 10.0. The second kappa shape index (κ2) is 10.7. The van der Waals surface area contributed by atoms with Crippen LogP contribution < -0.4 is 9.04 Å². The van der Waals surface area contributed by atoms with Crippen LogP contribution in [0.4, 0.5) is 18.9 Å². The number of hydrogen-bond donors (Lipinski definition) is 1. The molecule has 0 fully saturated rings. The molecule has 1 aliphatic heterocycles. The first-order valence-corrected chi connectivity index (χ1v) is 13.6. The normalized spacial score (nSPS) is 13.5. The minimum Gasteiger partial charge on any atom is -0.491 e. The summed E-state index contributed by atoms with van der Waals surface area (Å²) >= 11 is 7.86. The number of halogens is 4. The van der Waals surface area contributed by atoms with Crippen molar-refractivity contribution in [1.29, 1.82) is 5.26 Å². The summed E-state index contributed by atoms with van der Waals surface area (Å²) in [7, 11) is -4.35. The number of hydrogen-bond acceptors (Lipinski definition) is 7. The van der Waals surface area contributed by atoms with Gasteiger partial charge in [0.15, 0.2) is 0 Å². The molecule has 1 aliphatic rings. The van der Waals surface area contributed by atoms with Crippen LogP contribution in [0.15, 0.2) is 58.5 Å². The summed E-state index contributed by atoms with van der Waals surface area (Å²) < 4.78 is 74.0. The summed E-state index contributed by atoms with van der Waals surface area (Å²) in [5, 5.41) is 18.4. The lowest BCUT2D eigenvalue weighted by Crippen LogP contribution is -2.35. The predicted octanol–water partition coefficient (Wildman–Crippen LogP) is 5.45. The Hall–Kier alpha value is -3.47. The van der Waals surface area contributed by atoms with Gasteiger partial charge >= 0.3 is 12.1 Å². The molecule has 0 aliphatic carbocycles. The number of alkyl halides is 3. The number of sulfonamides is 1. The fraction of sp³-hybridized carbons (Fsp3) is 0.208. The van der Waals surface area contributed by atoms with Crippen molar-refractivity contribution in [1.82, 2.24) is 4.98 Å². The van der Waals surface area contributed by atoms with Crippen LogP contribution in [0.25, 0.3) is 11.1 Å². The first kappa shape index (κ1) is 27.6. The van der Waals surface area contributed by atoms with Crippen LogP contribution in [0.2, 0.25) is 5.02 Å². The monoisotopic (exact) mass is 583 g/mol. The molecule has 1 aromatic heterocycles. The molecular formula is C24H17ClF3N3O5S2. The van der Waals surface area contributed by atoms with E-state index in [-0.39, 0.29) is 35.1 Å². The lowest BCUT2D eigenvalue weighted by Gasteiger charge is -2.30. The zero-order valence-corrected chi connectivity index (χ0v) is 21.6. The number of nitrogens with zero attached hydrogens (tertiary/aromatic N) is 3. The number of pyridine rings is 1. The molecule has 4 rings (SSSR count). The number of benzene rings is 2. The topological polar surface area (TPSA) is 121 Å². The van der Waals surface area contributed by atoms with E-state index < -0.39 is 44.7 Å². The van der Waals surface area contributed by atoms with Crippen molar-refractivity contribution in [3.63, 3.8) is 0 Å². The summed E-state index contributed by atoms with van der Waals surface area (Å²) in [6.07, 6.45) is -4.43. The Labute approximate surface area is 224 Å². The highest BCUT2D eigenvalue weighted by atomic mass is 35.5. The van der Waals surface area contributed by atoms with Crippen molar-refractivity contribution < 1.29 is 36.2 Å². The zero-order chi connectivity index (χ0) is 27.7. The molecule has 0 saturated heterocycles. The second-order valence-corrected chi connectivity index (χ2v) is 11.3. The van der Waals surface area contributed by atoms with Crippen molar-refractivity contribution in [3.8, 4) is 22.9 Å². The van der Waals surface area contributed by atoms with Crippen LogP contribution in [0, 0.1) is 11.3 Å². The summed E-state index contributed by atoms with van der Waals surface area (Å²) in [4.78, 5) is 14.7. The number of anilines is 1. The van der Waals surface area contributed by atoms with Gasteiger partial charge < -0.3 is 9.84 Å². The molecule has 0 radical (unpaired) electrons. The maximum absolute atomic E-state index is 14.0. The zero-order valence-electron chi connectivity index (χ0n) is 19.2. The highest BCUT2D eigenvalue weighted by molar-refractivity contribution is 8.00. The fourth-order valence-electron chi connectivity index (χ4n) is 3.73. The van der Waals surface area contributed by atoms with Gasteiger partial charge in [-0.1, -0.05) is 23.7 Å². The van der Waals surface area contributed by atoms with E-state index in [1.807, 2.05) is 0 Å². The molecule has 8 nitrogen and oxygen atoms in total. The average Bonchev–Trinajstić information content (AvgIpc) is 2.87. The van der Waals surface area contributed by atoms with Crippen molar-refractivity contribution in [2.45, 2.75) is 22.4 Å². The van der Waals surface area contributed by atoms with Crippen LogP contribution in [-0.4, -0.2) is 43.4 Å². The Balaban J connectivity index is 1.89. The Morgan fingerprint density at radius 3 is 2.66 bits per heavy atom. The van der Waals surface area contributed by atoms with Crippen molar-refractivity contribution >= 4 is 45.0 Å². The van der Waals surface area contributed by atoms with Gasteiger partial charge in [-0.2, -0.15) is 18.4 Å². The minimum atomic E-state index is -4.80. The van der Waals surface area contributed by atoms with Crippen LogP contribution in [-0.2, 0) is 21.0 Å². The average molecular weight is 584 g/mol. The third kappa shape index (κ3) is 5.52. The smallest absolute Gasteiger partial charge is 0.433 e. The largest absolute Gasteiger partial charge is 0.491 e. The van der Waals surface area contributed by atoms with E-state index in [0.29, 0.717) is 17.5 Å². The van der Waals surface area contributed by atoms with Gasteiger partial charge in [0.2, 0.25) is 0 Å². The maximum Gasteiger partial charge on any atom is 0.433 e. The highest BCUT2D eigenvalue weighted by Crippen LogP contribution is 2.43. The Kier molecular flexibility index (Phi) is 7.78. The molecule has 0 spiro atoms. The number of nitriles is 1. The van der Waals surface area contributed by atoms with Crippen molar-refractivity contribution in [3.05, 3.63) is 64.9 Å². The molecule has 0 atom stereocenters. The van der Waals surface area contributed by atoms with Crippen molar-refractivity contribution in [2.75, 3.05) is 23.2 Å². The number of aliphatic carboxylic acids is 1. The highest BCUT2D eigenvalue weighted by Gasteiger charge is 2.35. The van der Waals surface area contributed by atoms with E-state index in [4.69, 9.17) is 21.4 Å². The van der Waals surface area contributed by atoms with Gasteiger partial charge in [0.05, 0.1) is 35.4 Å². The number of carboxylic acids is 1. The summed E-state index contributed by atoms with van der Waals surface area (Å²) in [6, 6.07) is 11.3. The minimum absolute atomic E-state index is 0.0618.